The van der Waals surface area contributed by atoms with Crippen molar-refractivity contribution in [2.45, 2.75) is 6.92 Å². The highest BCUT2D eigenvalue weighted by Gasteiger charge is 2.08. The quantitative estimate of drug-likeness (QED) is 0.780. The highest BCUT2D eigenvalue weighted by atomic mass is 79.9. The molecule has 0 saturated heterocycles. The zero-order valence-electron chi connectivity index (χ0n) is 9.61. The van der Waals surface area contributed by atoms with E-state index in [0.29, 0.717) is 22.1 Å². The predicted octanol–water partition coefficient (Wildman–Crippen LogP) is 4.50. The Morgan fingerprint density at radius 1 is 1.17 bits per heavy atom. The Morgan fingerprint density at radius 2 is 1.89 bits per heavy atom. The highest BCUT2D eigenvalue weighted by Crippen LogP contribution is 2.29. The van der Waals surface area contributed by atoms with Crippen LogP contribution in [0.1, 0.15) is 15.9 Å². The molecule has 0 atom stereocenters. The molecule has 0 aliphatic rings. The van der Waals surface area contributed by atoms with Gasteiger partial charge in [-0.25, -0.2) is 4.39 Å². The first kappa shape index (κ1) is 12.8. The second-order valence-corrected chi connectivity index (χ2v) is 4.75. The molecular weight excluding hydrogens is 299 g/mol. The molecule has 0 saturated carbocycles. The summed E-state index contributed by atoms with van der Waals surface area (Å²) in [6.07, 6.45) is 0.694. The van der Waals surface area contributed by atoms with Crippen LogP contribution < -0.4 is 4.74 Å². The maximum Gasteiger partial charge on any atom is 0.166 e. The molecule has 0 radical (unpaired) electrons. The summed E-state index contributed by atoms with van der Waals surface area (Å²) in [5.74, 6) is -0.0521. The number of ether oxygens (including phenoxy) is 1. The average Bonchev–Trinajstić information content (AvgIpc) is 2.34. The van der Waals surface area contributed by atoms with Crippen molar-refractivity contribution in [3.63, 3.8) is 0 Å². The summed E-state index contributed by atoms with van der Waals surface area (Å²) in [7, 11) is 0. The summed E-state index contributed by atoms with van der Waals surface area (Å²) in [5, 5.41) is 0. The van der Waals surface area contributed by atoms with Crippen LogP contribution in [0.15, 0.2) is 40.9 Å². The van der Waals surface area contributed by atoms with Gasteiger partial charge >= 0.3 is 0 Å². The fourth-order valence-corrected chi connectivity index (χ4v) is 1.86. The van der Waals surface area contributed by atoms with Gasteiger partial charge in [0.05, 0.1) is 5.56 Å². The number of rotatable bonds is 3. The first-order valence-corrected chi connectivity index (χ1v) is 6.08. The number of aldehydes is 1. The van der Waals surface area contributed by atoms with Crippen molar-refractivity contribution in [2.75, 3.05) is 0 Å². The van der Waals surface area contributed by atoms with E-state index >= 15 is 0 Å². The Kier molecular flexibility index (Phi) is 3.77. The van der Waals surface area contributed by atoms with Gasteiger partial charge < -0.3 is 4.74 Å². The van der Waals surface area contributed by atoms with Gasteiger partial charge in [-0.3, -0.25) is 4.79 Å². The Hall–Kier alpha value is -1.68. The molecule has 0 spiro atoms. The predicted molar refractivity (Wildman–Crippen MR) is 70.7 cm³/mol. The molecule has 0 amide bonds. The number of hydrogen-bond donors (Lipinski definition) is 0. The molecule has 2 nitrogen and oxygen atoms in total. The van der Waals surface area contributed by atoms with Gasteiger partial charge in [-0.05, 0) is 37.3 Å². The van der Waals surface area contributed by atoms with Crippen LogP contribution in [0, 0.1) is 12.7 Å². The molecule has 0 aromatic heterocycles. The lowest BCUT2D eigenvalue weighted by Gasteiger charge is -2.09. The van der Waals surface area contributed by atoms with Crippen molar-refractivity contribution in [1.29, 1.82) is 0 Å². The summed E-state index contributed by atoms with van der Waals surface area (Å²) in [4.78, 5) is 10.9. The number of halogens is 2. The molecule has 0 aliphatic carbocycles. The summed E-state index contributed by atoms with van der Waals surface area (Å²) in [5.41, 5.74) is 1.35. The number of aryl methyl sites for hydroxylation is 1. The third-order valence-corrected chi connectivity index (χ3v) is 2.90. The normalized spacial score (nSPS) is 10.2. The lowest BCUT2D eigenvalue weighted by atomic mass is 10.1. The minimum absolute atomic E-state index is 0.0881. The maximum atomic E-state index is 13.6. The van der Waals surface area contributed by atoms with Crippen molar-refractivity contribution in [3.8, 4) is 11.5 Å². The molecule has 0 unspecified atom stereocenters. The Labute approximate surface area is 113 Å². The molecule has 0 aliphatic heterocycles. The number of benzene rings is 2. The van der Waals surface area contributed by atoms with E-state index in [1.54, 1.807) is 24.3 Å². The highest BCUT2D eigenvalue weighted by molar-refractivity contribution is 9.10. The molecule has 92 valence electrons. The van der Waals surface area contributed by atoms with Crippen molar-refractivity contribution >= 4 is 22.2 Å². The van der Waals surface area contributed by atoms with E-state index in [4.69, 9.17) is 4.74 Å². The van der Waals surface area contributed by atoms with Crippen molar-refractivity contribution in [2.24, 2.45) is 0 Å². The number of hydrogen-bond acceptors (Lipinski definition) is 2. The zero-order valence-corrected chi connectivity index (χ0v) is 11.2. The monoisotopic (exact) mass is 308 g/mol. The van der Waals surface area contributed by atoms with Gasteiger partial charge in [0.2, 0.25) is 0 Å². The van der Waals surface area contributed by atoms with Crippen molar-refractivity contribution in [3.05, 3.63) is 57.8 Å². The Bertz CT molecular complexity index is 596. The van der Waals surface area contributed by atoms with Crippen molar-refractivity contribution in [1.82, 2.24) is 0 Å². The van der Waals surface area contributed by atoms with E-state index in [1.807, 2.05) is 6.92 Å². The zero-order chi connectivity index (χ0) is 13.1. The molecule has 18 heavy (non-hydrogen) atoms. The smallest absolute Gasteiger partial charge is 0.166 e. The van der Waals surface area contributed by atoms with Crippen molar-refractivity contribution < 1.29 is 13.9 Å². The largest absolute Gasteiger partial charge is 0.454 e. The first-order chi connectivity index (χ1) is 8.60. The van der Waals surface area contributed by atoms with E-state index in [0.717, 1.165) is 5.56 Å². The van der Waals surface area contributed by atoms with Crippen LogP contribution >= 0.6 is 15.9 Å². The number of carbonyl (C=O) groups is 1. The van der Waals surface area contributed by atoms with Gasteiger partial charge in [0.25, 0.3) is 0 Å². The Morgan fingerprint density at radius 3 is 2.56 bits per heavy atom. The third-order valence-electron chi connectivity index (χ3n) is 2.41. The van der Waals surface area contributed by atoms with Gasteiger partial charge in [0.15, 0.2) is 17.9 Å². The molecule has 0 N–H and O–H groups in total. The lowest BCUT2D eigenvalue weighted by molar-refractivity contribution is 0.112. The lowest BCUT2D eigenvalue weighted by Crippen LogP contribution is -1.93. The molecule has 2 aromatic carbocycles. The second-order valence-electron chi connectivity index (χ2n) is 3.84. The molecule has 0 fully saturated rings. The fourth-order valence-electron chi connectivity index (χ4n) is 1.53. The van der Waals surface area contributed by atoms with Gasteiger partial charge in [0.1, 0.15) is 5.75 Å². The summed E-state index contributed by atoms with van der Waals surface area (Å²) >= 11 is 3.17. The summed E-state index contributed by atoms with van der Waals surface area (Å²) in [6, 6.07) is 9.64. The van der Waals surface area contributed by atoms with E-state index in [9.17, 15) is 9.18 Å². The fraction of sp³-hybridized carbons (Fsp3) is 0.0714. The molecule has 4 heteroatoms. The molecule has 0 heterocycles. The van der Waals surface area contributed by atoms with Gasteiger partial charge in [0, 0.05) is 4.47 Å². The summed E-state index contributed by atoms with van der Waals surface area (Å²) in [6.45, 7) is 1.87. The molecular formula is C14H10BrFO2. The van der Waals surface area contributed by atoms with Crippen LogP contribution in [-0.4, -0.2) is 6.29 Å². The van der Waals surface area contributed by atoms with E-state index in [-0.39, 0.29) is 5.75 Å². The Balaban J connectivity index is 2.36. The molecule has 0 bridgehead atoms. The van der Waals surface area contributed by atoms with Gasteiger partial charge in [-0.15, -0.1) is 0 Å². The van der Waals surface area contributed by atoms with Crippen LogP contribution in [0.4, 0.5) is 4.39 Å². The van der Waals surface area contributed by atoms with Crippen LogP contribution in [0.5, 0.6) is 11.5 Å². The summed E-state index contributed by atoms with van der Waals surface area (Å²) < 4.78 is 19.7. The van der Waals surface area contributed by atoms with Crippen LogP contribution in [0.25, 0.3) is 0 Å². The third kappa shape index (κ3) is 2.76. The van der Waals surface area contributed by atoms with Crippen LogP contribution in [0.2, 0.25) is 0 Å². The van der Waals surface area contributed by atoms with Crippen LogP contribution in [0.3, 0.4) is 0 Å². The topological polar surface area (TPSA) is 26.3 Å². The van der Waals surface area contributed by atoms with E-state index in [1.165, 1.54) is 12.1 Å². The van der Waals surface area contributed by atoms with E-state index in [2.05, 4.69) is 15.9 Å². The average molecular weight is 309 g/mol. The number of carbonyl (C=O) groups excluding carboxylic acids is 1. The molecule has 2 aromatic rings. The van der Waals surface area contributed by atoms with Gasteiger partial charge in [-0.2, -0.15) is 0 Å². The first-order valence-electron chi connectivity index (χ1n) is 5.29. The minimum atomic E-state index is -0.484. The van der Waals surface area contributed by atoms with Gasteiger partial charge in [-0.1, -0.05) is 27.6 Å². The maximum absolute atomic E-state index is 13.6. The SMILES string of the molecule is Cc1ccc(Oc2ccc(Br)cc2F)c(C=O)c1. The second kappa shape index (κ2) is 5.31. The van der Waals surface area contributed by atoms with Crippen LogP contribution in [-0.2, 0) is 0 Å². The standard InChI is InChI=1S/C14H10BrFO2/c1-9-2-4-13(10(6-9)8-17)18-14-5-3-11(15)7-12(14)16/h2-8H,1H3. The van der Waals surface area contributed by atoms with E-state index < -0.39 is 5.82 Å². The molecule has 2 rings (SSSR count). The minimum Gasteiger partial charge on any atom is -0.454 e.